The number of carboxylic acid groups (broad SMARTS) is 1. The first-order chi connectivity index (χ1) is 17.4. The molecular formula is C31H43NO4. The summed E-state index contributed by atoms with van der Waals surface area (Å²) < 4.78 is 5.34. The first kappa shape index (κ1) is 27.9. The molecule has 1 amide bonds. The number of carbonyl (C=O) groups is 2. The van der Waals surface area contributed by atoms with Crippen LogP contribution in [0.1, 0.15) is 81.0 Å². The first-order valence-corrected chi connectivity index (χ1v) is 13.7. The highest BCUT2D eigenvalue weighted by Crippen LogP contribution is 2.49. The summed E-state index contributed by atoms with van der Waals surface area (Å²) in [5.74, 6) is -0.656. The van der Waals surface area contributed by atoms with Gasteiger partial charge in [-0.1, -0.05) is 86.7 Å². The van der Waals surface area contributed by atoms with Crippen molar-refractivity contribution < 1.29 is 19.4 Å². The maximum atomic E-state index is 13.8. The number of aryl methyl sites for hydroxylation is 1. The van der Waals surface area contributed by atoms with Gasteiger partial charge in [-0.2, -0.15) is 0 Å². The standard InChI is InChI=1S/C31H43NO4/c1-4-6-7-8-9-21-32(30(35)31(19-20-31)27-16-10-24(3)11-17-27)22-18-25-12-14-26(15-13-25)23-28(29(33)34)36-5-2/h10-17,28H,4-9,18-23H2,1-3H3,(H,33,34). The number of unbranched alkanes of at least 4 members (excludes halogenated alkanes) is 4. The zero-order valence-electron chi connectivity index (χ0n) is 22.3. The number of benzene rings is 2. The van der Waals surface area contributed by atoms with Gasteiger partial charge in [-0.3, -0.25) is 4.79 Å². The Hall–Kier alpha value is -2.66. The molecule has 0 aromatic heterocycles. The fourth-order valence-corrected chi connectivity index (χ4v) is 4.89. The van der Waals surface area contributed by atoms with E-state index in [-0.39, 0.29) is 11.3 Å². The largest absolute Gasteiger partial charge is 0.479 e. The average Bonchev–Trinajstić information content (AvgIpc) is 3.68. The molecule has 3 rings (SSSR count). The summed E-state index contributed by atoms with van der Waals surface area (Å²) in [5, 5.41) is 9.34. The summed E-state index contributed by atoms with van der Waals surface area (Å²) in [4.78, 5) is 27.3. The predicted molar refractivity (Wildman–Crippen MR) is 144 cm³/mol. The fourth-order valence-electron chi connectivity index (χ4n) is 4.89. The van der Waals surface area contributed by atoms with Gasteiger partial charge in [0.1, 0.15) is 0 Å². The number of nitrogens with zero attached hydrogens (tertiary/aromatic N) is 1. The van der Waals surface area contributed by atoms with Crippen LogP contribution in [0.4, 0.5) is 0 Å². The lowest BCUT2D eigenvalue weighted by atomic mass is 9.93. The van der Waals surface area contributed by atoms with Gasteiger partial charge in [0.25, 0.3) is 0 Å². The lowest BCUT2D eigenvalue weighted by Gasteiger charge is -2.28. The smallest absolute Gasteiger partial charge is 0.333 e. The van der Waals surface area contributed by atoms with Crippen molar-refractivity contribution >= 4 is 11.9 Å². The summed E-state index contributed by atoms with van der Waals surface area (Å²) in [5.41, 5.74) is 4.13. The molecule has 1 unspecified atom stereocenters. The molecule has 1 atom stereocenters. The van der Waals surface area contributed by atoms with Crippen LogP contribution in [-0.4, -0.2) is 47.7 Å². The van der Waals surface area contributed by atoms with Crippen LogP contribution in [0.5, 0.6) is 0 Å². The van der Waals surface area contributed by atoms with E-state index in [1.165, 1.54) is 24.8 Å². The lowest BCUT2D eigenvalue weighted by molar-refractivity contribution is -0.150. The molecule has 0 heterocycles. The minimum Gasteiger partial charge on any atom is -0.479 e. The van der Waals surface area contributed by atoms with Gasteiger partial charge in [0.15, 0.2) is 6.10 Å². The van der Waals surface area contributed by atoms with Crippen molar-refractivity contribution in [1.82, 2.24) is 4.90 Å². The Balaban J connectivity index is 1.64. The van der Waals surface area contributed by atoms with Gasteiger partial charge in [-0.25, -0.2) is 4.79 Å². The van der Waals surface area contributed by atoms with Crippen LogP contribution >= 0.6 is 0 Å². The van der Waals surface area contributed by atoms with Crippen LogP contribution in [-0.2, 0) is 32.6 Å². The molecule has 0 spiro atoms. The van der Waals surface area contributed by atoms with Crippen LogP contribution < -0.4 is 0 Å². The Bertz CT molecular complexity index is 963. The Labute approximate surface area is 216 Å². The molecule has 1 aliphatic carbocycles. The molecule has 0 bridgehead atoms. The van der Waals surface area contributed by atoms with E-state index in [1.54, 1.807) is 6.92 Å². The third-order valence-corrected chi connectivity index (χ3v) is 7.34. The van der Waals surface area contributed by atoms with Crippen molar-refractivity contribution in [2.24, 2.45) is 0 Å². The fraction of sp³-hybridized carbons (Fsp3) is 0.548. The Morgan fingerprint density at radius 2 is 1.56 bits per heavy atom. The second-order valence-corrected chi connectivity index (χ2v) is 10.2. The van der Waals surface area contributed by atoms with E-state index in [4.69, 9.17) is 4.74 Å². The van der Waals surface area contributed by atoms with E-state index < -0.39 is 12.1 Å². The number of hydrogen-bond donors (Lipinski definition) is 1. The second-order valence-electron chi connectivity index (χ2n) is 10.2. The minimum absolute atomic E-state index is 0.277. The SMILES string of the molecule is CCCCCCCN(CCc1ccc(CC(OCC)C(=O)O)cc1)C(=O)C1(c2ccc(C)cc2)CC1. The van der Waals surface area contributed by atoms with Gasteiger partial charge < -0.3 is 14.7 Å². The third kappa shape index (κ3) is 7.67. The molecule has 196 valence electrons. The van der Waals surface area contributed by atoms with Crippen molar-refractivity contribution in [2.75, 3.05) is 19.7 Å². The van der Waals surface area contributed by atoms with Crippen LogP contribution in [0.25, 0.3) is 0 Å². The molecule has 1 saturated carbocycles. The van der Waals surface area contributed by atoms with Crippen LogP contribution in [0.2, 0.25) is 0 Å². The summed E-state index contributed by atoms with van der Waals surface area (Å²) in [6.07, 6.45) is 8.08. The molecule has 1 aliphatic rings. The third-order valence-electron chi connectivity index (χ3n) is 7.34. The second kappa shape index (κ2) is 13.6. The zero-order valence-corrected chi connectivity index (χ0v) is 22.3. The number of hydrogen-bond acceptors (Lipinski definition) is 3. The van der Waals surface area contributed by atoms with E-state index in [9.17, 15) is 14.7 Å². The van der Waals surface area contributed by atoms with Crippen molar-refractivity contribution in [3.8, 4) is 0 Å². The van der Waals surface area contributed by atoms with Gasteiger partial charge >= 0.3 is 5.97 Å². The maximum Gasteiger partial charge on any atom is 0.333 e. The van der Waals surface area contributed by atoms with Crippen LogP contribution in [0, 0.1) is 6.92 Å². The average molecular weight is 494 g/mol. The molecular weight excluding hydrogens is 450 g/mol. The summed E-state index contributed by atoms with van der Waals surface area (Å²) in [6.45, 7) is 8.00. The van der Waals surface area contributed by atoms with Gasteiger partial charge in [-0.15, -0.1) is 0 Å². The van der Waals surface area contributed by atoms with Crippen LogP contribution in [0.3, 0.4) is 0 Å². The number of ether oxygens (including phenoxy) is 1. The van der Waals surface area contributed by atoms with E-state index >= 15 is 0 Å². The van der Waals surface area contributed by atoms with Gasteiger partial charge in [0, 0.05) is 26.1 Å². The highest BCUT2D eigenvalue weighted by Gasteiger charge is 2.52. The van der Waals surface area contributed by atoms with Gasteiger partial charge in [0.05, 0.1) is 5.41 Å². The quantitative estimate of drug-likeness (QED) is 0.287. The lowest BCUT2D eigenvalue weighted by Crippen LogP contribution is -2.41. The number of carboxylic acids is 1. The zero-order chi connectivity index (χ0) is 26.0. The molecule has 5 nitrogen and oxygen atoms in total. The monoisotopic (exact) mass is 493 g/mol. The highest BCUT2D eigenvalue weighted by atomic mass is 16.5. The summed E-state index contributed by atoms with van der Waals surface area (Å²) in [7, 11) is 0. The highest BCUT2D eigenvalue weighted by molar-refractivity contribution is 5.91. The molecule has 36 heavy (non-hydrogen) atoms. The van der Waals surface area contributed by atoms with Crippen molar-refractivity contribution in [2.45, 2.75) is 90.1 Å². The van der Waals surface area contributed by atoms with Gasteiger partial charge in [-0.05, 0) is 56.2 Å². The number of aliphatic carboxylic acids is 1. The van der Waals surface area contributed by atoms with Crippen LogP contribution in [0.15, 0.2) is 48.5 Å². The molecule has 0 saturated heterocycles. The first-order valence-electron chi connectivity index (χ1n) is 13.7. The number of amides is 1. The van der Waals surface area contributed by atoms with E-state index in [2.05, 4.69) is 55.1 Å². The molecule has 0 aliphatic heterocycles. The van der Waals surface area contributed by atoms with E-state index in [1.807, 2.05) is 12.1 Å². The molecule has 1 N–H and O–H groups in total. The predicted octanol–water partition coefficient (Wildman–Crippen LogP) is 6.10. The van der Waals surface area contributed by atoms with E-state index in [0.29, 0.717) is 19.6 Å². The Morgan fingerprint density at radius 3 is 2.14 bits per heavy atom. The van der Waals surface area contributed by atoms with Crippen molar-refractivity contribution in [1.29, 1.82) is 0 Å². The van der Waals surface area contributed by atoms with E-state index in [0.717, 1.165) is 55.3 Å². The minimum atomic E-state index is -0.934. The van der Waals surface area contributed by atoms with Gasteiger partial charge in [0.2, 0.25) is 5.91 Å². The normalized spacial score (nSPS) is 14.9. The molecule has 1 fully saturated rings. The Kier molecular flexibility index (Phi) is 10.5. The molecule has 2 aromatic rings. The summed E-state index contributed by atoms with van der Waals surface area (Å²) >= 11 is 0. The van der Waals surface area contributed by atoms with Crippen molar-refractivity contribution in [3.63, 3.8) is 0 Å². The number of rotatable bonds is 16. The maximum absolute atomic E-state index is 13.8. The number of carbonyl (C=O) groups excluding carboxylic acids is 1. The molecule has 2 aromatic carbocycles. The summed E-state index contributed by atoms with van der Waals surface area (Å²) in [6, 6.07) is 16.6. The molecule has 5 heteroatoms. The molecule has 0 radical (unpaired) electrons. The Morgan fingerprint density at radius 1 is 0.917 bits per heavy atom. The van der Waals surface area contributed by atoms with Crippen molar-refractivity contribution in [3.05, 3.63) is 70.8 Å². The topological polar surface area (TPSA) is 66.8 Å².